The number of carbonyl (C=O) groups is 1. The fraction of sp³-hybridized carbons (Fsp3) is 0.350. The Bertz CT molecular complexity index is 887. The molecular weight excluding hydrogens is 359 g/mol. The minimum Gasteiger partial charge on any atom is -0.454 e. The van der Waals surface area contributed by atoms with E-state index >= 15 is 0 Å². The van der Waals surface area contributed by atoms with Gasteiger partial charge in [0.1, 0.15) is 5.82 Å². The smallest absolute Gasteiger partial charge is 0.231 e. The number of Topliss-reactive ketones (excluding diaryl/α,β-unsaturated/α-hetero) is 1. The first-order chi connectivity index (χ1) is 13.0. The normalized spacial score (nSPS) is 19.3. The first-order valence-electron chi connectivity index (χ1n) is 8.81. The van der Waals surface area contributed by atoms with Gasteiger partial charge in [0.05, 0.1) is 0 Å². The lowest BCUT2D eigenvalue weighted by molar-refractivity contribution is 0.0808. The molecule has 1 atom stereocenters. The number of ketones is 1. The molecule has 0 amide bonds. The summed E-state index contributed by atoms with van der Waals surface area (Å²) in [7, 11) is 0. The van der Waals surface area contributed by atoms with Crippen LogP contribution in [-0.4, -0.2) is 30.6 Å². The van der Waals surface area contributed by atoms with Crippen LogP contribution >= 0.6 is 0 Å². The van der Waals surface area contributed by atoms with Crippen molar-refractivity contribution in [2.24, 2.45) is 5.92 Å². The second kappa shape index (κ2) is 7.23. The van der Waals surface area contributed by atoms with E-state index in [2.05, 4.69) is 0 Å². The molecule has 27 heavy (non-hydrogen) atoms. The van der Waals surface area contributed by atoms with Crippen LogP contribution in [0.4, 0.5) is 13.2 Å². The Morgan fingerprint density at radius 1 is 1.07 bits per heavy atom. The predicted octanol–water partition coefficient (Wildman–Crippen LogP) is 3.93. The standard InChI is InChI=1S/C20H18F3NO3/c21-15-4-5-16(22)19(23)14(15)10-24-7-1-2-13(9-24)20(25)12-3-6-17-18(8-12)27-11-26-17/h3-6,8,13H,1-2,7,9-11H2/t13-/m1/s1. The van der Waals surface area contributed by atoms with Gasteiger partial charge >= 0.3 is 0 Å². The quantitative estimate of drug-likeness (QED) is 0.598. The number of hydrogen-bond donors (Lipinski definition) is 0. The molecule has 7 heteroatoms. The summed E-state index contributed by atoms with van der Waals surface area (Å²) < 4.78 is 51.8. The van der Waals surface area contributed by atoms with Crippen LogP contribution in [-0.2, 0) is 6.54 Å². The van der Waals surface area contributed by atoms with E-state index in [1.54, 1.807) is 23.1 Å². The highest BCUT2D eigenvalue weighted by atomic mass is 19.2. The summed E-state index contributed by atoms with van der Waals surface area (Å²) in [4.78, 5) is 14.6. The third-order valence-electron chi connectivity index (χ3n) is 5.05. The summed E-state index contributed by atoms with van der Waals surface area (Å²) in [5.41, 5.74) is 0.223. The molecule has 2 aromatic carbocycles. The number of halogens is 3. The summed E-state index contributed by atoms with van der Waals surface area (Å²) in [5, 5.41) is 0. The van der Waals surface area contributed by atoms with Crippen LogP contribution in [0.1, 0.15) is 28.8 Å². The van der Waals surface area contributed by atoms with Gasteiger partial charge in [0.25, 0.3) is 0 Å². The Morgan fingerprint density at radius 3 is 2.70 bits per heavy atom. The fourth-order valence-corrected chi connectivity index (χ4v) is 3.64. The van der Waals surface area contributed by atoms with Crippen molar-refractivity contribution >= 4 is 5.78 Å². The summed E-state index contributed by atoms with van der Waals surface area (Å²) in [6.07, 6.45) is 1.41. The molecule has 2 heterocycles. The molecule has 0 N–H and O–H groups in total. The van der Waals surface area contributed by atoms with Crippen molar-refractivity contribution in [2.75, 3.05) is 19.9 Å². The zero-order chi connectivity index (χ0) is 19.0. The lowest BCUT2D eigenvalue weighted by Gasteiger charge is -2.32. The van der Waals surface area contributed by atoms with Crippen LogP contribution in [0.25, 0.3) is 0 Å². The van der Waals surface area contributed by atoms with Gasteiger partial charge in [-0.05, 0) is 49.7 Å². The monoisotopic (exact) mass is 377 g/mol. The third-order valence-corrected chi connectivity index (χ3v) is 5.05. The van der Waals surface area contributed by atoms with Gasteiger partial charge in [-0.1, -0.05) is 0 Å². The molecule has 0 spiro atoms. The number of likely N-dealkylation sites (tertiary alicyclic amines) is 1. The van der Waals surface area contributed by atoms with Crippen LogP contribution in [0.3, 0.4) is 0 Å². The van der Waals surface area contributed by atoms with E-state index in [0.29, 0.717) is 36.6 Å². The Morgan fingerprint density at radius 2 is 1.85 bits per heavy atom. The Labute approximate surface area is 154 Å². The summed E-state index contributed by atoms with van der Waals surface area (Å²) in [6.45, 7) is 1.03. The zero-order valence-corrected chi connectivity index (χ0v) is 14.5. The van der Waals surface area contributed by atoms with Crippen molar-refractivity contribution in [3.8, 4) is 11.5 Å². The van der Waals surface area contributed by atoms with Crippen molar-refractivity contribution in [3.05, 3.63) is 58.9 Å². The predicted molar refractivity (Wildman–Crippen MR) is 91.2 cm³/mol. The highest BCUT2D eigenvalue weighted by molar-refractivity contribution is 5.98. The fourth-order valence-electron chi connectivity index (χ4n) is 3.64. The van der Waals surface area contributed by atoms with E-state index in [1.807, 2.05) is 0 Å². The third kappa shape index (κ3) is 3.51. The highest BCUT2D eigenvalue weighted by Gasteiger charge is 2.29. The maximum Gasteiger partial charge on any atom is 0.231 e. The number of ether oxygens (including phenoxy) is 2. The molecular formula is C20H18F3NO3. The zero-order valence-electron chi connectivity index (χ0n) is 14.5. The summed E-state index contributed by atoms with van der Waals surface area (Å²) in [5.74, 6) is -2.21. The molecule has 142 valence electrons. The van der Waals surface area contributed by atoms with Gasteiger partial charge in [-0.3, -0.25) is 9.69 Å². The summed E-state index contributed by atoms with van der Waals surface area (Å²) in [6, 6.07) is 6.76. The van der Waals surface area contributed by atoms with Crippen molar-refractivity contribution in [3.63, 3.8) is 0 Å². The van der Waals surface area contributed by atoms with Crippen molar-refractivity contribution in [1.29, 1.82) is 0 Å². The summed E-state index contributed by atoms with van der Waals surface area (Å²) >= 11 is 0. The Kier molecular flexibility index (Phi) is 4.78. The second-order valence-electron chi connectivity index (χ2n) is 6.83. The van der Waals surface area contributed by atoms with E-state index in [9.17, 15) is 18.0 Å². The van der Waals surface area contributed by atoms with Crippen molar-refractivity contribution in [2.45, 2.75) is 19.4 Å². The number of hydrogen-bond acceptors (Lipinski definition) is 4. The topological polar surface area (TPSA) is 38.8 Å². The highest BCUT2D eigenvalue weighted by Crippen LogP contribution is 2.34. The average molecular weight is 377 g/mol. The number of carbonyl (C=O) groups excluding carboxylic acids is 1. The van der Waals surface area contributed by atoms with Gasteiger partial charge in [0.15, 0.2) is 28.9 Å². The maximum atomic E-state index is 13.9. The number of fused-ring (bicyclic) bond motifs is 1. The van der Waals surface area contributed by atoms with Crippen LogP contribution < -0.4 is 9.47 Å². The van der Waals surface area contributed by atoms with Gasteiger partial charge in [0.2, 0.25) is 6.79 Å². The Hall–Kier alpha value is -2.54. The number of piperidine rings is 1. The molecule has 0 radical (unpaired) electrons. The largest absolute Gasteiger partial charge is 0.454 e. The van der Waals surface area contributed by atoms with E-state index < -0.39 is 17.5 Å². The molecule has 2 aliphatic rings. The Balaban J connectivity index is 1.48. The number of benzene rings is 2. The molecule has 0 bridgehead atoms. The molecule has 0 aromatic heterocycles. The van der Waals surface area contributed by atoms with E-state index in [1.165, 1.54) is 0 Å². The molecule has 4 rings (SSSR count). The number of nitrogens with zero attached hydrogens (tertiary/aromatic N) is 1. The average Bonchev–Trinajstić information content (AvgIpc) is 3.16. The molecule has 0 aliphatic carbocycles. The van der Waals surface area contributed by atoms with E-state index in [-0.39, 0.29) is 30.6 Å². The molecule has 2 aliphatic heterocycles. The SMILES string of the molecule is O=C(c1ccc2c(c1)OCO2)[C@@H]1CCCN(Cc2c(F)ccc(F)c2F)C1. The first-order valence-corrected chi connectivity index (χ1v) is 8.81. The van der Waals surface area contributed by atoms with E-state index in [4.69, 9.17) is 9.47 Å². The minimum absolute atomic E-state index is 0.0433. The first kappa shape index (κ1) is 17.9. The molecule has 4 nitrogen and oxygen atoms in total. The van der Waals surface area contributed by atoms with Crippen LogP contribution in [0, 0.1) is 23.4 Å². The van der Waals surface area contributed by atoms with Crippen LogP contribution in [0.15, 0.2) is 30.3 Å². The molecule has 0 unspecified atom stereocenters. The van der Waals surface area contributed by atoms with Gasteiger partial charge in [0, 0.05) is 30.1 Å². The molecule has 0 saturated carbocycles. The van der Waals surface area contributed by atoms with Crippen LogP contribution in [0.2, 0.25) is 0 Å². The van der Waals surface area contributed by atoms with Crippen molar-refractivity contribution < 1.29 is 27.4 Å². The minimum atomic E-state index is -1.17. The maximum absolute atomic E-state index is 13.9. The van der Waals surface area contributed by atoms with Crippen LogP contribution in [0.5, 0.6) is 11.5 Å². The van der Waals surface area contributed by atoms with Gasteiger partial charge in [-0.15, -0.1) is 0 Å². The second-order valence-corrected chi connectivity index (χ2v) is 6.83. The van der Waals surface area contributed by atoms with Gasteiger partial charge in [-0.2, -0.15) is 0 Å². The van der Waals surface area contributed by atoms with E-state index in [0.717, 1.165) is 18.6 Å². The lowest BCUT2D eigenvalue weighted by Crippen LogP contribution is -2.38. The van der Waals surface area contributed by atoms with Crippen molar-refractivity contribution in [1.82, 2.24) is 4.90 Å². The molecule has 2 aromatic rings. The number of rotatable bonds is 4. The van der Waals surface area contributed by atoms with Gasteiger partial charge in [-0.25, -0.2) is 13.2 Å². The molecule has 1 fully saturated rings. The molecule has 1 saturated heterocycles. The lowest BCUT2D eigenvalue weighted by atomic mass is 9.89. The van der Waals surface area contributed by atoms with Gasteiger partial charge < -0.3 is 9.47 Å².